The van der Waals surface area contributed by atoms with Gasteiger partial charge in [0, 0.05) is 13.7 Å². The zero-order valence-corrected chi connectivity index (χ0v) is 11.5. The van der Waals surface area contributed by atoms with Gasteiger partial charge in [-0.2, -0.15) is 0 Å². The lowest BCUT2D eigenvalue weighted by Crippen LogP contribution is -2.60. The average molecular weight is 240 g/mol. The summed E-state index contributed by atoms with van der Waals surface area (Å²) in [6, 6.07) is 0. The maximum Gasteiger partial charge on any atom is 0.0661 e. The third-order valence-electron chi connectivity index (χ3n) is 4.91. The SMILES string of the molecule is CCC1CCN(C(CN)(COC)C2CC2)CC1. The number of nitrogens with zero attached hydrogens (tertiary/aromatic N) is 1. The van der Waals surface area contributed by atoms with Gasteiger partial charge in [-0.1, -0.05) is 13.3 Å². The van der Waals surface area contributed by atoms with Crippen molar-refractivity contribution < 1.29 is 4.74 Å². The van der Waals surface area contributed by atoms with Crippen molar-refractivity contribution in [3.8, 4) is 0 Å². The van der Waals surface area contributed by atoms with Crippen molar-refractivity contribution in [2.45, 2.75) is 44.6 Å². The summed E-state index contributed by atoms with van der Waals surface area (Å²) in [7, 11) is 1.81. The van der Waals surface area contributed by atoms with Crippen molar-refractivity contribution in [1.82, 2.24) is 4.90 Å². The van der Waals surface area contributed by atoms with E-state index in [1.807, 2.05) is 7.11 Å². The van der Waals surface area contributed by atoms with Gasteiger partial charge in [-0.05, 0) is 50.6 Å². The zero-order chi connectivity index (χ0) is 12.3. The topological polar surface area (TPSA) is 38.5 Å². The van der Waals surface area contributed by atoms with Crippen LogP contribution in [0.15, 0.2) is 0 Å². The number of hydrogen-bond donors (Lipinski definition) is 1. The van der Waals surface area contributed by atoms with E-state index in [4.69, 9.17) is 10.5 Å². The molecule has 0 bridgehead atoms. The fraction of sp³-hybridized carbons (Fsp3) is 1.00. The van der Waals surface area contributed by atoms with Gasteiger partial charge in [0.1, 0.15) is 0 Å². The molecule has 1 saturated heterocycles. The van der Waals surface area contributed by atoms with Gasteiger partial charge >= 0.3 is 0 Å². The quantitative estimate of drug-likeness (QED) is 0.770. The standard InChI is InChI=1S/C14H28N2O/c1-3-12-6-8-16(9-7-12)14(10-15,11-17-2)13-4-5-13/h12-13H,3-11,15H2,1-2H3. The molecule has 0 amide bonds. The van der Waals surface area contributed by atoms with Gasteiger partial charge in [-0.3, -0.25) is 4.90 Å². The largest absolute Gasteiger partial charge is 0.383 e. The van der Waals surface area contributed by atoms with Crippen molar-refractivity contribution in [2.75, 3.05) is 33.4 Å². The molecular formula is C14H28N2O. The molecule has 0 aromatic carbocycles. The first kappa shape index (κ1) is 13.3. The molecule has 1 aliphatic carbocycles. The van der Waals surface area contributed by atoms with E-state index < -0.39 is 0 Å². The number of hydrogen-bond acceptors (Lipinski definition) is 3. The van der Waals surface area contributed by atoms with E-state index in [2.05, 4.69) is 11.8 Å². The molecule has 0 aromatic heterocycles. The van der Waals surface area contributed by atoms with Gasteiger partial charge in [0.05, 0.1) is 12.1 Å². The smallest absolute Gasteiger partial charge is 0.0661 e. The highest BCUT2D eigenvalue weighted by Gasteiger charge is 2.48. The Labute approximate surface area is 106 Å². The summed E-state index contributed by atoms with van der Waals surface area (Å²) in [5.74, 6) is 1.72. The summed E-state index contributed by atoms with van der Waals surface area (Å²) < 4.78 is 5.48. The van der Waals surface area contributed by atoms with E-state index in [1.54, 1.807) is 0 Å². The Kier molecular flexibility index (Phi) is 4.45. The molecule has 3 heteroatoms. The summed E-state index contributed by atoms with van der Waals surface area (Å²) >= 11 is 0. The Bertz CT molecular complexity index is 234. The molecule has 0 aromatic rings. The molecule has 3 nitrogen and oxygen atoms in total. The molecule has 1 atom stereocenters. The maximum atomic E-state index is 6.11. The highest BCUT2D eigenvalue weighted by Crippen LogP contribution is 2.44. The van der Waals surface area contributed by atoms with Gasteiger partial charge in [0.25, 0.3) is 0 Å². The number of ether oxygens (including phenoxy) is 1. The molecule has 100 valence electrons. The molecule has 0 radical (unpaired) electrons. The van der Waals surface area contributed by atoms with Gasteiger partial charge in [0.2, 0.25) is 0 Å². The average Bonchev–Trinajstić information content (AvgIpc) is 3.21. The fourth-order valence-electron chi connectivity index (χ4n) is 3.48. The highest BCUT2D eigenvalue weighted by atomic mass is 16.5. The van der Waals surface area contributed by atoms with Crippen LogP contribution in [-0.4, -0.2) is 43.8 Å². The van der Waals surface area contributed by atoms with Crippen LogP contribution in [0.3, 0.4) is 0 Å². The van der Waals surface area contributed by atoms with E-state index in [9.17, 15) is 0 Å². The molecule has 0 spiro atoms. The molecular weight excluding hydrogens is 212 g/mol. The van der Waals surface area contributed by atoms with E-state index in [0.29, 0.717) is 0 Å². The number of likely N-dealkylation sites (tertiary alicyclic amines) is 1. The normalized spacial score (nSPS) is 27.0. The first-order valence-electron chi connectivity index (χ1n) is 7.21. The predicted molar refractivity (Wildman–Crippen MR) is 71.0 cm³/mol. The van der Waals surface area contributed by atoms with Crippen LogP contribution in [-0.2, 0) is 4.74 Å². The summed E-state index contributed by atoms with van der Waals surface area (Å²) in [6.45, 7) is 6.31. The third-order valence-corrected chi connectivity index (χ3v) is 4.91. The number of nitrogens with two attached hydrogens (primary N) is 1. The minimum atomic E-state index is 0.146. The summed E-state index contributed by atoms with van der Waals surface area (Å²) in [4.78, 5) is 2.64. The van der Waals surface area contributed by atoms with E-state index in [-0.39, 0.29) is 5.54 Å². The van der Waals surface area contributed by atoms with Crippen molar-refractivity contribution in [2.24, 2.45) is 17.6 Å². The first-order chi connectivity index (χ1) is 8.26. The number of methoxy groups -OCH3 is 1. The van der Waals surface area contributed by atoms with Gasteiger partial charge < -0.3 is 10.5 Å². The van der Waals surface area contributed by atoms with Crippen molar-refractivity contribution in [3.63, 3.8) is 0 Å². The Balaban J connectivity index is 2.00. The minimum Gasteiger partial charge on any atom is -0.383 e. The molecule has 1 aliphatic heterocycles. The molecule has 2 rings (SSSR count). The fourth-order valence-corrected chi connectivity index (χ4v) is 3.48. The molecule has 2 N–H and O–H groups in total. The van der Waals surface area contributed by atoms with Crippen LogP contribution in [0.2, 0.25) is 0 Å². The van der Waals surface area contributed by atoms with Gasteiger partial charge in [0.15, 0.2) is 0 Å². The Morgan fingerprint density at radius 3 is 2.29 bits per heavy atom. The molecule has 1 heterocycles. The van der Waals surface area contributed by atoms with E-state index in [0.717, 1.165) is 25.0 Å². The second-order valence-corrected chi connectivity index (χ2v) is 5.85. The van der Waals surface area contributed by atoms with Crippen molar-refractivity contribution >= 4 is 0 Å². The van der Waals surface area contributed by atoms with Crippen LogP contribution in [0, 0.1) is 11.8 Å². The first-order valence-corrected chi connectivity index (χ1v) is 7.21. The number of rotatable bonds is 6. The lowest BCUT2D eigenvalue weighted by molar-refractivity contribution is -0.0194. The third kappa shape index (κ3) is 2.67. The van der Waals surface area contributed by atoms with Crippen molar-refractivity contribution in [1.29, 1.82) is 0 Å². The van der Waals surface area contributed by atoms with Crippen LogP contribution < -0.4 is 5.73 Å². The monoisotopic (exact) mass is 240 g/mol. The Morgan fingerprint density at radius 2 is 1.88 bits per heavy atom. The maximum absolute atomic E-state index is 6.11. The molecule has 2 aliphatic rings. The van der Waals surface area contributed by atoms with Crippen LogP contribution in [0.1, 0.15) is 39.0 Å². The second-order valence-electron chi connectivity index (χ2n) is 5.85. The van der Waals surface area contributed by atoms with Crippen LogP contribution in [0.5, 0.6) is 0 Å². The molecule has 1 unspecified atom stereocenters. The number of piperidine rings is 1. The summed E-state index contributed by atoms with van der Waals surface area (Å²) in [5, 5.41) is 0. The predicted octanol–water partition coefficient (Wildman–Crippen LogP) is 1.86. The van der Waals surface area contributed by atoms with Gasteiger partial charge in [-0.25, -0.2) is 0 Å². The van der Waals surface area contributed by atoms with Crippen LogP contribution >= 0.6 is 0 Å². The Hall–Kier alpha value is -0.120. The van der Waals surface area contributed by atoms with E-state index >= 15 is 0 Å². The lowest BCUT2D eigenvalue weighted by atomic mass is 9.86. The minimum absolute atomic E-state index is 0.146. The van der Waals surface area contributed by atoms with Crippen molar-refractivity contribution in [3.05, 3.63) is 0 Å². The molecule has 17 heavy (non-hydrogen) atoms. The summed E-state index contributed by atoms with van der Waals surface area (Å²) in [6.07, 6.45) is 6.70. The lowest BCUT2D eigenvalue weighted by Gasteiger charge is -2.46. The zero-order valence-electron chi connectivity index (χ0n) is 11.5. The highest BCUT2D eigenvalue weighted by molar-refractivity contribution is 5.04. The van der Waals surface area contributed by atoms with Gasteiger partial charge in [-0.15, -0.1) is 0 Å². The summed E-state index contributed by atoms with van der Waals surface area (Å²) in [5.41, 5.74) is 6.26. The molecule has 2 fully saturated rings. The molecule has 1 saturated carbocycles. The Morgan fingerprint density at radius 1 is 1.24 bits per heavy atom. The van der Waals surface area contributed by atoms with Crippen LogP contribution in [0.4, 0.5) is 0 Å². The van der Waals surface area contributed by atoms with Crippen LogP contribution in [0.25, 0.3) is 0 Å². The van der Waals surface area contributed by atoms with E-state index in [1.165, 1.54) is 45.2 Å². The second kappa shape index (κ2) is 5.68.